The van der Waals surface area contributed by atoms with Crippen LogP contribution < -0.4 is 5.73 Å². The van der Waals surface area contributed by atoms with E-state index in [1.165, 1.54) is 17.7 Å². The summed E-state index contributed by atoms with van der Waals surface area (Å²) in [5, 5.41) is 1.15. The van der Waals surface area contributed by atoms with Gasteiger partial charge >= 0.3 is 0 Å². The second kappa shape index (κ2) is 5.62. The zero-order chi connectivity index (χ0) is 14.8. The Morgan fingerprint density at radius 3 is 2.57 bits per heavy atom. The Kier molecular flexibility index (Phi) is 3.67. The van der Waals surface area contributed by atoms with Crippen molar-refractivity contribution in [2.75, 3.05) is 0 Å². The SMILES string of the molecule is Cc1cc(C(N)Cc2ccc(F)cc2)nc2ccccc12. The van der Waals surface area contributed by atoms with Crippen LogP contribution in [0.2, 0.25) is 0 Å². The van der Waals surface area contributed by atoms with Gasteiger partial charge in [0.05, 0.1) is 17.3 Å². The molecule has 0 aliphatic carbocycles. The summed E-state index contributed by atoms with van der Waals surface area (Å²) >= 11 is 0. The minimum Gasteiger partial charge on any atom is -0.322 e. The highest BCUT2D eigenvalue weighted by Crippen LogP contribution is 2.22. The molecule has 106 valence electrons. The average Bonchev–Trinajstić information content (AvgIpc) is 2.49. The summed E-state index contributed by atoms with van der Waals surface area (Å²) in [7, 11) is 0. The molecule has 3 heteroatoms. The highest BCUT2D eigenvalue weighted by Gasteiger charge is 2.11. The molecule has 0 aliphatic heterocycles. The van der Waals surface area contributed by atoms with E-state index in [2.05, 4.69) is 18.0 Å². The number of hydrogen-bond donors (Lipinski definition) is 1. The van der Waals surface area contributed by atoms with Gasteiger partial charge in [-0.05, 0) is 48.7 Å². The molecule has 0 spiro atoms. The van der Waals surface area contributed by atoms with Crippen LogP contribution in [0.3, 0.4) is 0 Å². The predicted octanol–water partition coefficient (Wildman–Crippen LogP) is 3.92. The van der Waals surface area contributed by atoms with E-state index in [0.29, 0.717) is 6.42 Å². The van der Waals surface area contributed by atoms with Crippen molar-refractivity contribution in [2.24, 2.45) is 5.73 Å². The normalized spacial score (nSPS) is 12.5. The highest BCUT2D eigenvalue weighted by atomic mass is 19.1. The molecule has 3 rings (SSSR count). The fraction of sp³-hybridized carbons (Fsp3) is 0.167. The molecule has 2 nitrogen and oxygen atoms in total. The van der Waals surface area contributed by atoms with Gasteiger partial charge in [-0.25, -0.2) is 4.39 Å². The van der Waals surface area contributed by atoms with Crippen LogP contribution in [-0.4, -0.2) is 4.98 Å². The molecule has 0 aliphatic rings. The third kappa shape index (κ3) is 2.93. The molecule has 1 atom stereocenters. The number of pyridine rings is 1. The molecule has 2 aromatic carbocycles. The minimum atomic E-state index is -0.230. The first-order valence-corrected chi connectivity index (χ1v) is 7.00. The Morgan fingerprint density at radius 1 is 1.10 bits per heavy atom. The second-order valence-electron chi connectivity index (χ2n) is 5.32. The lowest BCUT2D eigenvalue weighted by molar-refractivity contribution is 0.625. The van der Waals surface area contributed by atoms with Crippen molar-refractivity contribution in [1.82, 2.24) is 4.98 Å². The van der Waals surface area contributed by atoms with E-state index in [1.54, 1.807) is 12.1 Å². The Hall–Kier alpha value is -2.26. The molecular formula is C18H17FN2. The maximum Gasteiger partial charge on any atom is 0.123 e. The van der Waals surface area contributed by atoms with Crippen LogP contribution in [-0.2, 0) is 6.42 Å². The highest BCUT2D eigenvalue weighted by molar-refractivity contribution is 5.82. The van der Waals surface area contributed by atoms with Crippen molar-refractivity contribution >= 4 is 10.9 Å². The number of fused-ring (bicyclic) bond motifs is 1. The molecular weight excluding hydrogens is 263 g/mol. The number of nitrogens with two attached hydrogens (primary N) is 1. The fourth-order valence-corrected chi connectivity index (χ4v) is 2.54. The topological polar surface area (TPSA) is 38.9 Å². The van der Waals surface area contributed by atoms with Gasteiger partial charge < -0.3 is 5.73 Å². The van der Waals surface area contributed by atoms with Crippen LogP contribution in [0.5, 0.6) is 0 Å². The van der Waals surface area contributed by atoms with Gasteiger partial charge in [0, 0.05) is 5.39 Å². The van der Waals surface area contributed by atoms with E-state index < -0.39 is 0 Å². The van der Waals surface area contributed by atoms with E-state index in [4.69, 9.17) is 5.73 Å². The largest absolute Gasteiger partial charge is 0.322 e. The first kappa shape index (κ1) is 13.7. The Bertz CT molecular complexity index is 766. The van der Waals surface area contributed by atoms with Crippen LogP contribution in [0.4, 0.5) is 4.39 Å². The number of aromatic nitrogens is 1. The van der Waals surface area contributed by atoms with Crippen molar-refractivity contribution in [3.63, 3.8) is 0 Å². The van der Waals surface area contributed by atoms with E-state index in [1.807, 2.05) is 24.3 Å². The summed E-state index contributed by atoms with van der Waals surface area (Å²) in [6.07, 6.45) is 0.644. The molecule has 0 radical (unpaired) electrons. The van der Waals surface area contributed by atoms with Gasteiger partial charge in [-0.3, -0.25) is 4.98 Å². The van der Waals surface area contributed by atoms with Crippen molar-refractivity contribution in [3.8, 4) is 0 Å². The molecule has 1 unspecified atom stereocenters. The lowest BCUT2D eigenvalue weighted by Crippen LogP contribution is -2.15. The average molecular weight is 280 g/mol. The monoisotopic (exact) mass is 280 g/mol. The van der Waals surface area contributed by atoms with E-state index in [0.717, 1.165) is 22.2 Å². The maximum absolute atomic E-state index is 12.9. The van der Waals surface area contributed by atoms with Gasteiger partial charge in [-0.15, -0.1) is 0 Å². The number of rotatable bonds is 3. The number of benzene rings is 2. The van der Waals surface area contributed by atoms with E-state index >= 15 is 0 Å². The van der Waals surface area contributed by atoms with Crippen LogP contribution in [0.25, 0.3) is 10.9 Å². The molecule has 1 heterocycles. The van der Waals surface area contributed by atoms with Gasteiger partial charge in [0.15, 0.2) is 0 Å². The van der Waals surface area contributed by atoms with Gasteiger partial charge in [-0.2, -0.15) is 0 Å². The maximum atomic E-state index is 12.9. The van der Waals surface area contributed by atoms with Crippen LogP contribution in [0.1, 0.15) is 22.9 Å². The standard InChI is InChI=1S/C18H17FN2/c1-12-10-18(21-17-5-3-2-4-15(12)17)16(20)11-13-6-8-14(19)9-7-13/h2-10,16H,11,20H2,1H3. The summed E-state index contributed by atoms with van der Waals surface area (Å²) in [5.41, 5.74) is 10.3. The quantitative estimate of drug-likeness (QED) is 0.789. The van der Waals surface area contributed by atoms with Gasteiger partial charge in [0.25, 0.3) is 0 Å². The third-order valence-corrected chi connectivity index (χ3v) is 3.69. The molecule has 21 heavy (non-hydrogen) atoms. The Balaban J connectivity index is 1.90. The molecule has 0 amide bonds. The molecule has 0 fully saturated rings. The first-order valence-electron chi connectivity index (χ1n) is 7.00. The number of hydrogen-bond acceptors (Lipinski definition) is 2. The van der Waals surface area contributed by atoms with Crippen LogP contribution >= 0.6 is 0 Å². The number of nitrogens with zero attached hydrogens (tertiary/aromatic N) is 1. The van der Waals surface area contributed by atoms with E-state index in [9.17, 15) is 4.39 Å². The van der Waals surface area contributed by atoms with Crippen LogP contribution in [0.15, 0.2) is 54.6 Å². The molecule has 0 saturated carbocycles. The zero-order valence-electron chi connectivity index (χ0n) is 11.9. The Morgan fingerprint density at radius 2 is 1.81 bits per heavy atom. The number of halogens is 1. The van der Waals surface area contributed by atoms with Crippen molar-refractivity contribution in [3.05, 3.63) is 77.2 Å². The van der Waals surface area contributed by atoms with Crippen molar-refractivity contribution < 1.29 is 4.39 Å². The van der Waals surface area contributed by atoms with Crippen molar-refractivity contribution in [1.29, 1.82) is 0 Å². The summed E-state index contributed by atoms with van der Waals surface area (Å²) in [6, 6.07) is 16.3. The summed E-state index contributed by atoms with van der Waals surface area (Å²) < 4.78 is 12.9. The molecule has 2 N–H and O–H groups in total. The minimum absolute atomic E-state index is 0.196. The molecule has 0 saturated heterocycles. The number of aryl methyl sites for hydroxylation is 1. The fourth-order valence-electron chi connectivity index (χ4n) is 2.54. The van der Waals surface area contributed by atoms with Gasteiger partial charge in [0.1, 0.15) is 5.82 Å². The van der Waals surface area contributed by atoms with Crippen molar-refractivity contribution in [2.45, 2.75) is 19.4 Å². The molecule has 0 bridgehead atoms. The summed E-state index contributed by atoms with van der Waals surface area (Å²) in [5.74, 6) is -0.230. The Labute approximate surface area is 123 Å². The lowest BCUT2D eigenvalue weighted by atomic mass is 10.0. The predicted molar refractivity (Wildman–Crippen MR) is 83.5 cm³/mol. The third-order valence-electron chi connectivity index (χ3n) is 3.69. The molecule has 3 aromatic rings. The smallest absolute Gasteiger partial charge is 0.123 e. The van der Waals surface area contributed by atoms with E-state index in [-0.39, 0.29) is 11.9 Å². The second-order valence-corrected chi connectivity index (χ2v) is 5.32. The van der Waals surface area contributed by atoms with Gasteiger partial charge in [-0.1, -0.05) is 30.3 Å². The van der Waals surface area contributed by atoms with Crippen LogP contribution in [0, 0.1) is 12.7 Å². The number of para-hydroxylation sites is 1. The summed E-state index contributed by atoms with van der Waals surface area (Å²) in [6.45, 7) is 2.07. The first-order chi connectivity index (χ1) is 10.1. The zero-order valence-corrected chi connectivity index (χ0v) is 11.9. The van der Waals surface area contributed by atoms with Gasteiger partial charge in [0.2, 0.25) is 0 Å². The lowest BCUT2D eigenvalue weighted by Gasteiger charge is -2.13. The molecule has 1 aromatic heterocycles. The summed E-state index contributed by atoms with van der Waals surface area (Å²) in [4.78, 5) is 4.65.